The predicted octanol–water partition coefficient (Wildman–Crippen LogP) is -1.22. The van der Waals surface area contributed by atoms with E-state index >= 15 is 0 Å². The van der Waals surface area contributed by atoms with E-state index in [9.17, 15) is 4.79 Å². The topological polar surface area (TPSA) is 57.6 Å². The van der Waals surface area contributed by atoms with Gasteiger partial charge in [0.05, 0.1) is 17.8 Å². The van der Waals surface area contributed by atoms with Crippen molar-refractivity contribution < 1.29 is 21.8 Å². The number of Topliss-reactive ketones (excluding diaryl/α,β-unsaturated/α-hetero) is 1. The molecule has 0 unspecified atom stereocenters. The highest BCUT2D eigenvalue weighted by atomic mass is 35.5. The lowest BCUT2D eigenvalue weighted by molar-refractivity contribution is -0.681. The Morgan fingerprint density at radius 2 is 2.05 bits per heavy atom. The van der Waals surface area contributed by atoms with Crippen LogP contribution in [0.5, 0.6) is 0 Å². The van der Waals surface area contributed by atoms with Crippen molar-refractivity contribution >= 4 is 17.4 Å². The number of carbonyl (C=O) groups excluding carboxylic acids is 1. The summed E-state index contributed by atoms with van der Waals surface area (Å²) in [5.41, 5.74) is 1.08. The van der Waals surface area contributed by atoms with Crippen LogP contribution in [0.2, 0.25) is 5.15 Å². The van der Waals surface area contributed by atoms with Gasteiger partial charge in [0.25, 0.3) is 5.15 Å². The fraction of sp³-hybridized carbons (Fsp3) is 0.0769. The number of benzene rings is 1. The molecule has 0 saturated heterocycles. The number of halogens is 2. The summed E-state index contributed by atoms with van der Waals surface area (Å²) < 4.78 is 1.61. The average molecular weight is 294 g/mol. The fourth-order valence-corrected chi connectivity index (χ4v) is 1.65. The minimum Gasteiger partial charge on any atom is -1.00 e. The molecule has 0 aliphatic carbocycles. The molecular weight excluding hydrogens is 285 g/mol. The Morgan fingerprint density at radius 3 is 2.63 bits per heavy atom. The summed E-state index contributed by atoms with van der Waals surface area (Å²) in [5, 5.41) is 9.08. The third-order valence-corrected chi connectivity index (χ3v) is 2.75. The Labute approximate surface area is 121 Å². The first-order chi connectivity index (χ1) is 8.70. The first-order valence-corrected chi connectivity index (χ1v) is 5.61. The van der Waals surface area contributed by atoms with Crippen LogP contribution >= 0.6 is 11.6 Å². The molecule has 6 heteroatoms. The molecule has 19 heavy (non-hydrogen) atoms. The van der Waals surface area contributed by atoms with E-state index in [1.165, 1.54) is 6.20 Å². The van der Waals surface area contributed by atoms with Crippen molar-refractivity contribution in [3.05, 3.63) is 59.1 Å². The molecule has 0 bridgehead atoms. The minimum absolute atomic E-state index is 0. The average Bonchev–Trinajstić information content (AvgIpc) is 2.41. The highest BCUT2D eigenvalue weighted by molar-refractivity contribution is 6.28. The number of carbonyl (C=O) groups is 1. The van der Waals surface area contributed by atoms with Gasteiger partial charge < -0.3 is 12.4 Å². The van der Waals surface area contributed by atoms with E-state index in [0.29, 0.717) is 16.3 Å². The monoisotopic (exact) mass is 293 g/mol. The van der Waals surface area contributed by atoms with Gasteiger partial charge in [-0.15, -0.1) is 0 Å². The van der Waals surface area contributed by atoms with Crippen molar-refractivity contribution in [3.63, 3.8) is 0 Å². The Bertz CT molecular complexity index is 621. The summed E-state index contributed by atoms with van der Waals surface area (Å²) in [6.07, 6.45) is 4.69. The van der Waals surface area contributed by atoms with Crippen LogP contribution in [0.3, 0.4) is 0 Å². The highest BCUT2D eigenvalue weighted by Gasteiger charge is 2.15. The molecule has 0 radical (unpaired) electrons. The number of rotatable bonds is 3. The lowest BCUT2D eigenvalue weighted by Crippen LogP contribution is -3.00. The first-order valence-electron chi connectivity index (χ1n) is 5.23. The van der Waals surface area contributed by atoms with Gasteiger partial charge in [-0.3, -0.25) is 9.78 Å². The van der Waals surface area contributed by atoms with Gasteiger partial charge in [0.1, 0.15) is 6.20 Å². The molecule has 0 saturated carbocycles. The fourth-order valence-electron chi connectivity index (χ4n) is 1.47. The zero-order valence-corrected chi connectivity index (χ0v) is 11.3. The van der Waals surface area contributed by atoms with E-state index < -0.39 is 0 Å². The van der Waals surface area contributed by atoms with Gasteiger partial charge in [-0.25, -0.2) is 0 Å². The number of nitrogens with zero attached hydrogens (tertiary/aromatic N) is 3. The quantitative estimate of drug-likeness (QED) is 0.527. The Balaban J connectivity index is 0.00000180. The zero-order valence-electron chi connectivity index (χ0n) is 9.75. The standard InChI is InChI=1S/C13H9ClN3O.ClH/c14-13-8-16-5-6-17(13)9-12(18)11-3-1-10(7-15)2-4-11;/h1-6,8H,9H2;1H/q+1;/p-1. The van der Waals surface area contributed by atoms with E-state index in [4.69, 9.17) is 16.9 Å². The normalized spacial score (nSPS) is 9.26. The molecule has 0 fully saturated rings. The lowest BCUT2D eigenvalue weighted by atomic mass is 10.1. The van der Waals surface area contributed by atoms with Crippen LogP contribution in [0.4, 0.5) is 0 Å². The number of ketones is 1. The molecule has 0 atom stereocenters. The Hall–Kier alpha value is -1.96. The highest BCUT2D eigenvalue weighted by Crippen LogP contribution is 2.05. The maximum absolute atomic E-state index is 12.0. The molecule has 4 nitrogen and oxygen atoms in total. The van der Waals surface area contributed by atoms with E-state index in [-0.39, 0.29) is 24.7 Å². The molecule has 96 valence electrons. The second-order valence-electron chi connectivity index (χ2n) is 3.64. The van der Waals surface area contributed by atoms with Crippen molar-refractivity contribution in [2.45, 2.75) is 6.54 Å². The van der Waals surface area contributed by atoms with E-state index in [0.717, 1.165) is 0 Å². The van der Waals surface area contributed by atoms with Crippen LogP contribution in [0, 0.1) is 11.3 Å². The zero-order chi connectivity index (χ0) is 13.0. The van der Waals surface area contributed by atoms with Gasteiger partial charge >= 0.3 is 0 Å². The molecule has 2 rings (SSSR count). The van der Waals surface area contributed by atoms with Crippen LogP contribution in [0.25, 0.3) is 0 Å². The second-order valence-corrected chi connectivity index (χ2v) is 4.03. The molecule has 2 aromatic rings. The lowest BCUT2D eigenvalue weighted by Gasteiger charge is -1.99. The Morgan fingerprint density at radius 1 is 1.37 bits per heavy atom. The maximum Gasteiger partial charge on any atom is 0.293 e. The summed E-state index contributed by atoms with van der Waals surface area (Å²) in [4.78, 5) is 15.8. The summed E-state index contributed by atoms with van der Waals surface area (Å²) >= 11 is 5.91. The number of hydrogen-bond acceptors (Lipinski definition) is 3. The molecule has 1 heterocycles. The summed E-state index contributed by atoms with van der Waals surface area (Å²) in [6, 6.07) is 8.51. The van der Waals surface area contributed by atoms with Crippen molar-refractivity contribution in [2.24, 2.45) is 0 Å². The summed E-state index contributed by atoms with van der Waals surface area (Å²) in [5.74, 6) is -0.0717. The SMILES string of the molecule is N#Cc1ccc(C(=O)C[n+]2ccncc2Cl)cc1.[Cl-]. The number of hydrogen-bond donors (Lipinski definition) is 0. The van der Waals surface area contributed by atoms with Crippen molar-refractivity contribution in [3.8, 4) is 6.07 Å². The van der Waals surface area contributed by atoms with E-state index in [1.807, 2.05) is 6.07 Å². The third-order valence-electron chi connectivity index (χ3n) is 2.44. The van der Waals surface area contributed by atoms with Crippen molar-refractivity contribution in [2.75, 3.05) is 0 Å². The molecule has 0 amide bonds. The van der Waals surface area contributed by atoms with Gasteiger partial charge in [0, 0.05) is 5.56 Å². The molecule has 0 aliphatic rings. The van der Waals surface area contributed by atoms with Gasteiger partial charge in [-0.05, 0) is 35.9 Å². The third kappa shape index (κ3) is 3.75. The minimum atomic E-state index is -0.0717. The molecule has 1 aromatic carbocycles. The molecule has 0 N–H and O–H groups in total. The van der Waals surface area contributed by atoms with Gasteiger partial charge in [0.15, 0.2) is 6.20 Å². The van der Waals surface area contributed by atoms with Gasteiger partial charge in [-0.1, -0.05) is 0 Å². The molecular formula is C13H9Cl2N3O. The molecule has 0 aliphatic heterocycles. The maximum atomic E-state index is 12.0. The predicted molar refractivity (Wildman–Crippen MR) is 64.9 cm³/mol. The van der Waals surface area contributed by atoms with Crippen LogP contribution in [0.1, 0.15) is 15.9 Å². The smallest absolute Gasteiger partial charge is 0.293 e. The van der Waals surface area contributed by atoms with Crippen LogP contribution in [-0.4, -0.2) is 10.8 Å². The Kier molecular flexibility index (Phi) is 5.43. The van der Waals surface area contributed by atoms with E-state index in [2.05, 4.69) is 4.98 Å². The summed E-state index contributed by atoms with van der Waals surface area (Å²) in [7, 11) is 0. The van der Waals surface area contributed by atoms with Gasteiger partial charge in [0.2, 0.25) is 12.3 Å². The van der Waals surface area contributed by atoms with E-state index in [1.54, 1.807) is 41.2 Å². The van der Waals surface area contributed by atoms with Crippen molar-refractivity contribution in [1.29, 1.82) is 5.26 Å². The first kappa shape index (κ1) is 15.1. The summed E-state index contributed by atoms with van der Waals surface area (Å²) in [6.45, 7) is 0.146. The number of nitriles is 1. The van der Waals surface area contributed by atoms with Gasteiger partial charge in [-0.2, -0.15) is 9.83 Å². The largest absolute Gasteiger partial charge is 1.00 e. The molecule has 1 aromatic heterocycles. The van der Waals surface area contributed by atoms with Crippen LogP contribution in [-0.2, 0) is 6.54 Å². The number of aromatic nitrogens is 2. The molecule has 0 spiro atoms. The van der Waals surface area contributed by atoms with Crippen molar-refractivity contribution in [1.82, 2.24) is 4.98 Å². The second kappa shape index (κ2) is 6.83. The van der Waals surface area contributed by atoms with Crippen LogP contribution in [0.15, 0.2) is 42.9 Å². The van der Waals surface area contributed by atoms with Crippen LogP contribution < -0.4 is 17.0 Å².